The fourth-order valence-corrected chi connectivity index (χ4v) is 6.13. The van der Waals surface area contributed by atoms with Crippen LogP contribution in [0.1, 0.15) is 142 Å². The molecule has 0 aliphatic heterocycles. The van der Waals surface area contributed by atoms with E-state index in [1.807, 2.05) is 21.1 Å². The molecule has 0 spiro atoms. The van der Waals surface area contributed by atoms with Crippen molar-refractivity contribution < 1.29 is 37.3 Å². The van der Waals surface area contributed by atoms with Crippen LogP contribution in [0.2, 0.25) is 0 Å². The summed E-state index contributed by atoms with van der Waals surface area (Å²) >= 11 is 0. The lowest BCUT2D eigenvalue weighted by molar-refractivity contribution is -0.870. The van der Waals surface area contributed by atoms with Gasteiger partial charge in [0.1, 0.15) is 19.3 Å². The predicted molar refractivity (Wildman–Crippen MR) is 251 cm³/mol. The number of esters is 1. The first-order chi connectivity index (χ1) is 28.6. The van der Waals surface area contributed by atoms with Crippen LogP contribution in [0, 0.1) is 0 Å². The molecule has 0 saturated carbocycles. The van der Waals surface area contributed by atoms with Gasteiger partial charge in [-0.15, -0.1) is 0 Å². The summed E-state index contributed by atoms with van der Waals surface area (Å²) in [5.41, 5.74) is 0. The van der Waals surface area contributed by atoms with Crippen LogP contribution in [0.25, 0.3) is 0 Å². The summed E-state index contributed by atoms with van der Waals surface area (Å²) < 4.78 is 35.0. The number of unbranched alkanes of at least 4 members (excludes halogenated alkanes) is 8. The maximum absolute atomic E-state index is 12.7. The number of quaternary nitrogens is 1. The largest absolute Gasteiger partial charge is 0.472 e. The van der Waals surface area contributed by atoms with E-state index in [0.29, 0.717) is 24.1 Å². The van der Waals surface area contributed by atoms with E-state index in [4.69, 9.17) is 18.5 Å². The highest BCUT2D eigenvalue weighted by Gasteiger charge is 2.26. The van der Waals surface area contributed by atoms with Crippen molar-refractivity contribution in [2.24, 2.45) is 0 Å². The quantitative estimate of drug-likeness (QED) is 0.0216. The summed E-state index contributed by atoms with van der Waals surface area (Å²) in [7, 11) is 1.61. The van der Waals surface area contributed by atoms with Crippen molar-refractivity contribution in [1.29, 1.82) is 0 Å². The molecule has 0 rings (SSSR count). The van der Waals surface area contributed by atoms with E-state index in [2.05, 4.69) is 123 Å². The maximum Gasteiger partial charge on any atom is 0.472 e. The molecule has 8 nitrogen and oxygen atoms in total. The third kappa shape index (κ3) is 46.1. The van der Waals surface area contributed by atoms with Crippen LogP contribution in [0.15, 0.2) is 109 Å². The molecule has 0 aliphatic carbocycles. The summed E-state index contributed by atoms with van der Waals surface area (Å²) in [6.07, 6.45) is 58.4. The van der Waals surface area contributed by atoms with Gasteiger partial charge in [-0.1, -0.05) is 149 Å². The molecule has 0 aromatic carbocycles. The summed E-state index contributed by atoms with van der Waals surface area (Å²) in [6.45, 7) is 5.27. The normalized spacial score (nSPS) is 14.7. The maximum atomic E-state index is 12.7. The van der Waals surface area contributed by atoms with E-state index in [1.165, 1.54) is 19.3 Å². The number of likely N-dealkylation sites (N-methyl/N-ethyl adjacent to an activating group) is 1. The minimum absolute atomic E-state index is 0.0702. The molecule has 0 fully saturated rings. The van der Waals surface area contributed by atoms with Crippen molar-refractivity contribution in [3.8, 4) is 0 Å². The Bertz CT molecular complexity index is 1300. The van der Waals surface area contributed by atoms with Crippen molar-refractivity contribution in [2.75, 3.05) is 54.1 Å². The lowest BCUT2D eigenvalue weighted by Crippen LogP contribution is -2.37. The van der Waals surface area contributed by atoms with E-state index in [9.17, 15) is 14.3 Å². The Morgan fingerprint density at radius 2 is 0.932 bits per heavy atom. The van der Waals surface area contributed by atoms with Gasteiger partial charge >= 0.3 is 13.8 Å². The van der Waals surface area contributed by atoms with E-state index in [-0.39, 0.29) is 32.2 Å². The Morgan fingerprint density at radius 1 is 0.525 bits per heavy atom. The number of carbonyl (C=O) groups is 1. The van der Waals surface area contributed by atoms with Gasteiger partial charge in [0.25, 0.3) is 0 Å². The Balaban J connectivity index is 4.37. The summed E-state index contributed by atoms with van der Waals surface area (Å²) in [6, 6.07) is 0. The van der Waals surface area contributed by atoms with Gasteiger partial charge in [0.05, 0.1) is 34.4 Å². The molecular formula is C50H85NO7P+. The van der Waals surface area contributed by atoms with Gasteiger partial charge in [-0.25, -0.2) is 4.57 Å². The van der Waals surface area contributed by atoms with Crippen molar-refractivity contribution in [2.45, 2.75) is 148 Å². The molecule has 1 N–H and O–H groups in total. The molecule has 336 valence electrons. The summed E-state index contributed by atoms with van der Waals surface area (Å²) in [4.78, 5) is 22.9. The standard InChI is InChI=1S/C50H84NO7P/c1-6-8-10-12-14-16-18-20-22-24-25-26-27-28-29-31-33-35-37-39-41-43-50(52)58-49(48-57-59(53,54)56-46-44-51(3,4)5)47-55-45-42-40-38-36-34-32-30-23-21-19-17-15-13-11-9-7-2/h8-11,14-17,20-23,25-26,28-29,33,35,49H,6-7,12-13,18-19,24,27,30-32,34,36-48H2,1-5H3/p+1/b10-8-,11-9-,16-14-,17-15-,22-20-,23-21-,26-25-,29-28-,35-33-. The van der Waals surface area contributed by atoms with Crippen molar-refractivity contribution in [1.82, 2.24) is 0 Å². The fourth-order valence-electron chi connectivity index (χ4n) is 5.39. The van der Waals surface area contributed by atoms with Gasteiger partial charge in [-0.2, -0.15) is 0 Å². The zero-order valence-electron chi connectivity index (χ0n) is 37.9. The molecule has 59 heavy (non-hydrogen) atoms. The van der Waals surface area contributed by atoms with E-state index < -0.39 is 13.9 Å². The molecule has 0 aromatic rings. The summed E-state index contributed by atoms with van der Waals surface area (Å²) in [5.74, 6) is -0.366. The number of rotatable bonds is 40. The van der Waals surface area contributed by atoms with Gasteiger partial charge in [0.15, 0.2) is 0 Å². The fraction of sp³-hybridized carbons (Fsp3) is 0.620. The average Bonchev–Trinajstić information content (AvgIpc) is 3.19. The number of phosphoric acid groups is 1. The minimum atomic E-state index is -4.30. The third-order valence-electron chi connectivity index (χ3n) is 8.83. The monoisotopic (exact) mass is 843 g/mol. The molecule has 0 amide bonds. The van der Waals surface area contributed by atoms with Gasteiger partial charge in [-0.3, -0.25) is 13.8 Å². The van der Waals surface area contributed by atoms with Gasteiger partial charge in [0.2, 0.25) is 0 Å². The minimum Gasteiger partial charge on any atom is -0.457 e. The molecule has 0 saturated heterocycles. The van der Waals surface area contributed by atoms with Crippen LogP contribution in [0.5, 0.6) is 0 Å². The van der Waals surface area contributed by atoms with E-state index in [1.54, 1.807) is 0 Å². The number of carbonyl (C=O) groups excluding carboxylic acids is 1. The lowest BCUT2D eigenvalue weighted by Gasteiger charge is -2.24. The first kappa shape index (κ1) is 56.2. The van der Waals surface area contributed by atoms with Gasteiger partial charge in [0, 0.05) is 13.0 Å². The molecule has 0 bridgehead atoms. The number of phosphoric ester groups is 1. The second-order valence-corrected chi connectivity index (χ2v) is 17.1. The highest BCUT2D eigenvalue weighted by Crippen LogP contribution is 2.43. The molecule has 9 heteroatoms. The number of allylic oxidation sites excluding steroid dienone is 18. The SMILES string of the molecule is CC/C=C\C/C=C\C/C=C\C/C=C\C/C=C\C/C=C\CCCCC(=O)OC(COCCCCCCCC/C=C\C/C=C\C/C=C\CC)COP(=O)(O)OCC[N+](C)(C)C. The molecule has 0 heterocycles. The van der Waals surface area contributed by atoms with Gasteiger partial charge < -0.3 is 18.9 Å². The number of ether oxygens (including phenoxy) is 2. The van der Waals surface area contributed by atoms with Gasteiger partial charge in [-0.05, 0) is 96.3 Å². The first-order valence-corrected chi connectivity index (χ1v) is 24.1. The zero-order valence-corrected chi connectivity index (χ0v) is 38.8. The Kier molecular flexibility index (Phi) is 39.9. The smallest absolute Gasteiger partial charge is 0.457 e. The van der Waals surface area contributed by atoms with Crippen LogP contribution >= 0.6 is 7.82 Å². The topological polar surface area (TPSA) is 91.3 Å². The van der Waals surface area contributed by atoms with Crippen LogP contribution in [-0.4, -0.2) is 75.6 Å². The Labute approximate surface area is 361 Å². The van der Waals surface area contributed by atoms with E-state index >= 15 is 0 Å². The molecular weight excluding hydrogens is 758 g/mol. The second kappa shape index (κ2) is 41.9. The average molecular weight is 843 g/mol. The Hall–Kier alpha value is -2.84. The Morgan fingerprint density at radius 3 is 1.39 bits per heavy atom. The second-order valence-electron chi connectivity index (χ2n) is 15.7. The molecule has 2 unspecified atom stereocenters. The van der Waals surface area contributed by atoms with Crippen LogP contribution in [0.3, 0.4) is 0 Å². The number of hydrogen-bond donors (Lipinski definition) is 1. The number of hydrogen-bond acceptors (Lipinski definition) is 6. The first-order valence-electron chi connectivity index (χ1n) is 22.6. The van der Waals surface area contributed by atoms with Crippen LogP contribution in [-0.2, 0) is 27.9 Å². The number of nitrogens with zero attached hydrogens (tertiary/aromatic N) is 1. The van der Waals surface area contributed by atoms with Crippen molar-refractivity contribution in [3.05, 3.63) is 109 Å². The van der Waals surface area contributed by atoms with Crippen molar-refractivity contribution in [3.63, 3.8) is 0 Å². The molecule has 0 aromatic heterocycles. The molecule has 0 aliphatic rings. The van der Waals surface area contributed by atoms with Crippen LogP contribution < -0.4 is 0 Å². The lowest BCUT2D eigenvalue weighted by atomic mass is 10.1. The van der Waals surface area contributed by atoms with E-state index in [0.717, 1.165) is 96.3 Å². The third-order valence-corrected chi connectivity index (χ3v) is 9.81. The van der Waals surface area contributed by atoms with Crippen LogP contribution in [0.4, 0.5) is 0 Å². The highest BCUT2D eigenvalue weighted by atomic mass is 31.2. The highest BCUT2D eigenvalue weighted by molar-refractivity contribution is 7.47. The summed E-state index contributed by atoms with van der Waals surface area (Å²) in [5, 5.41) is 0. The van der Waals surface area contributed by atoms with Crippen molar-refractivity contribution >= 4 is 13.8 Å². The predicted octanol–water partition coefficient (Wildman–Crippen LogP) is 13.6. The molecule has 0 radical (unpaired) electrons. The zero-order chi connectivity index (χ0) is 43.4. The molecule has 2 atom stereocenters.